The van der Waals surface area contributed by atoms with Crippen molar-refractivity contribution >= 4 is 16.8 Å². The monoisotopic (exact) mass is 324 g/mol. The van der Waals surface area contributed by atoms with Gasteiger partial charge >= 0.3 is 0 Å². The summed E-state index contributed by atoms with van der Waals surface area (Å²) in [6.07, 6.45) is 4.11. The molecule has 1 N–H and O–H groups in total. The van der Waals surface area contributed by atoms with Gasteiger partial charge in [0, 0.05) is 42.7 Å². The van der Waals surface area contributed by atoms with Crippen molar-refractivity contribution < 1.29 is 9.18 Å². The number of hydrogen-bond donors (Lipinski definition) is 1. The second kappa shape index (κ2) is 7.30. The molecule has 2 aromatic carbocycles. The molecule has 1 heterocycles. The zero-order valence-corrected chi connectivity index (χ0v) is 13.8. The number of aryl methyl sites for hydroxylation is 1. The molecule has 0 aliphatic rings. The molecule has 0 aliphatic carbocycles. The normalized spacial score (nSPS) is 10.9. The average Bonchev–Trinajstić information content (AvgIpc) is 3.00. The number of halogens is 1. The van der Waals surface area contributed by atoms with E-state index in [-0.39, 0.29) is 11.7 Å². The summed E-state index contributed by atoms with van der Waals surface area (Å²) in [5.41, 5.74) is 2.90. The molecular weight excluding hydrogens is 303 g/mol. The molecule has 0 aliphatic heterocycles. The molecule has 0 radical (unpaired) electrons. The molecule has 3 rings (SSSR count). The van der Waals surface area contributed by atoms with E-state index in [2.05, 4.69) is 11.1 Å². The number of nitrogens with zero attached hydrogens (tertiary/aromatic N) is 1. The van der Waals surface area contributed by atoms with Crippen molar-refractivity contribution in [2.45, 2.75) is 25.8 Å². The number of carbonyl (C=O) groups is 1. The van der Waals surface area contributed by atoms with Gasteiger partial charge in [-0.1, -0.05) is 36.4 Å². The van der Waals surface area contributed by atoms with Crippen molar-refractivity contribution in [3.8, 4) is 0 Å². The zero-order chi connectivity index (χ0) is 16.9. The number of fused-ring (bicyclic) bond motifs is 1. The van der Waals surface area contributed by atoms with Gasteiger partial charge in [0.25, 0.3) is 0 Å². The van der Waals surface area contributed by atoms with Crippen LogP contribution in [-0.2, 0) is 17.8 Å². The Balaban J connectivity index is 1.53. The maximum atomic E-state index is 13.7. The van der Waals surface area contributed by atoms with Crippen LogP contribution in [0.1, 0.15) is 24.0 Å². The smallest absolute Gasteiger partial charge is 0.222 e. The van der Waals surface area contributed by atoms with Crippen LogP contribution in [0.3, 0.4) is 0 Å². The topological polar surface area (TPSA) is 36.1 Å². The summed E-state index contributed by atoms with van der Waals surface area (Å²) in [5, 5.41) is 1.21. The Morgan fingerprint density at radius 2 is 1.83 bits per heavy atom. The van der Waals surface area contributed by atoms with Crippen molar-refractivity contribution in [1.29, 1.82) is 0 Å². The van der Waals surface area contributed by atoms with Crippen LogP contribution in [0.2, 0.25) is 0 Å². The third-order valence-electron chi connectivity index (χ3n) is 4.30. The number of amides is 1. The van der Waals surface area contributed by atoms with E-state index in [9.17, 15) is 9.18 Å². The van der Waals surface area contributed by atoms with Gasteiger partial charge < -0.3 is 9.88 Å². The van der Waals surface area contributed by atoms with E-state index in [1.807, 2.05) is 24.4 Å². The van der Waals surface area contributed by atoms with Crippen molar-refractivity contribution in [2.75, 3.05) is 7.05 Å². The Bertz CT molecular complexity index is 840. The lowest BCUT2D eigenvalue weighted by molar-refractivity contribution is -0.130. The number of aromatic nitrogens is 1. The van der Waals surface area contributed by atoms with E-state index in [1.54, 1.807) is 30.1 Å². The van der Waals surface area contributed by atoms with E-state index in [1.165, 1.54) is 17.0 Å². The molecule has 4 heteroatoms. The van der Waals surface area contributed by atoms with Gasteiger partial charge in [-0.25, -0.2) is 4.39 Å². The summed E-state index contributed by atoms with van der Waals surface area (Å²) in [6.45, 7) is 0.304. The highest BCUT2D eigenvalue weighted by Crippen LogP contribution is 2.19. The molecule has 24 heavy (non-hydrogen) atoms. The van der Waals surface area contributed by atoms with Crippen LogP contribution in [-0.4, -0.2) is 22.8 Å². The highest BCUT2D eigenvalue weighted by atomic mass is 19.1. The van der Waals surface area contributed by atoms with Gasteiger partial charge in [-0.2, -0.15) is 0 Å². The van der Waals surface area contributed by atoms with Gasteiger partial charge in [-0.15, -0.1) is 0 Å². The van der Waals surface area contributed by atoms with Crippen molar-refractivity contribution in [1.82, 2.24) is 9.88 Å². The van der Waals surface area contributed by atoms with Crippen LogP contribution in [0.5, 0.6) is 0 Å². The Hall–Kier alpha value is -2.62. The van der Waals surface area contributed by atoms with Crippen LogP contribution in [0.25, 0.3) is 10.9 Å². The molecule has 0 saturated heterocycles. The number of H-pyrrole nitrogens is 1. The quantitative estimate of drug-likeness (QED) is 0.721. The maximum Gasteiger partial charge on any atom is 0.222 e. The first-order chi connectivity index (χ1) is 11.6. The van der Waals surface area contributed by atoms with E-state index >= 15 is 0 Å². The molecule has 3 aromatic rings. The van der Waals surface area contributed by atoms with E-state index in [0.717, 1.165) is 18.4 Å². The molecule has 0 fully saturated rings. The van der Waals surface area contributed by atoms with Crippen LogP contribution in [0.4, 0.5) is 4.39 Å². The number of hydrogen-bond acceptors (Lipinski definition) is 1. The minimum absolute atomic E-state index is 0.0399. The minimum atomic E-state index is -0.268. The number of para-hydroxylation sites is 1. The minimum Gasteiger partial charge on any atom is -0.361 e. The molecule has 124 valence electrons. The summed E-state index contributed by atoms with van der Waals surface area (Å²) in [6, 6.07) is 14.7. The highest BCUT2D eigenvalue weighted by molar-refractivity contribution is 5.83. The zero-order valence-electron chi connectivity index (χ0n) is 13.8. The number of aromatic amines is 1. The summed E-state index contributed by atoms with van der Waals surface area (Å²) in [5.74, 6) is -0.228. The second-order valence-corrected chi connectivity index (χ2v) is 6.05. The Morgan fingerprint density at radius 3 is 2.67 bits per heavy atom. The lowest BCUT2D eigenvalue weighted by Gasteiger charge is -2.17. The van der Waals surface area contributed by atoms with E-state index in [0.29, 0.717) is 18.5 Å². The molecule has 1 aromatic heterocycles. The van der Waals surface area contributed by atoms with Crippen LogP contribution in [0.15, 0.2) is 54.7 Å². The van der Waals surface area contributed by atoms with Crippen LogP contribution >= 0.6 is 0 Å². The fraction of sp³-hybridized carbons (Fsp3) is 0.250. The summed E-state index contributed by atoms with van der Waals surface area (Å²) < 4.78 is 13.7. The predicted octanol–water partition coefficient (Wildman–Crippen LogP) is 4.29. The Labute approximate surface area is 141 Å². The molecule has 0 spiro atoms. The molecule has 3 nitrogen and oxygen atoms in total. The Morgan fingerprint density at radius 1 is 1.08 bits per heavy atom. The van der Waals surface area contributed by atoms with Crippen molar-refractivity contribution in [2.24, 2.45) is 0 Å². The first-order valence-electron chi connectivity index (χ1n) is 8.17. The van der Waals surface area contributed by atoms with E-state index < -0.39 is 0 Å². The first-order valence-corrected chi connectivity index (χ1v) is 8.17. The first kappa shape index (κ1) is 16.2. The third kappa shape index (κ3) is 3.65. The SMILES string of the molecule is CN(Cc1ccccc1F)C(=O)CCCc1c[nH]c2ccccc12. The lowest BCUT2D eigenvalue weighted by Crippen LogP contribution is -2.26. The van der Waals surface area contributed by atoms with E-state index in [4.69, 9.17) is 0 Å². The number of carbonyl (C=O) groups excluding carboxylic acids is 1. The predicted molar refractivity (Wildman–Crippen MR) is 94.1 cm³/mol. The van der Waals surface area contributed by atoms with Gasteiger partial charge in [-0.05, 0) is 30.5 Å². The summed E-state index contributed by atoms with van der Waals surface area (Å²) in [4.78, 5) is 17.1. The third-order valence-corrected chi connectivity index (χ3v) is 4.30. The molecule has 0 atom stereocenters. The maximum absolute atomic E-state index is 13.7. The fourth-order valence-corrected chi connectivity index (χ4v) is 2.93. The van der Waals surface area contributed by atoms with Crippen molar-refractivity contribution in [3.05, 3.63) is 71.7 Å². The van der Waals surface area contributed by atoms with Gasteiger partial charge in [0.1, 0.15) is 5.82 Å². The fourth-order valence-electron chi connectivity index (χ4n) is 2.93. The van der Waals surface area contributed by atoms with Gasteiger partial charge in [0.05, 0.1) is 0 Å². The molecule has 0 unspecified atom stereocenters. The highest BCUT2D eigenvalue weighted by Gasteiger charge is 2.12. The summed E-state index contributed by atoms with van der Waals surface area (Å²) in [7, 11) is 1.72. The number of benzene rings is 2. The molecule has 1 amide bonds. The molecule has 0 saturated carbocycles. The van der Waals surface area contributed by atoms with Gasteiger partial charge in [0.2, 0.25) is 5.91 Å². The van der Waals surface area contributed by atoms with Crippen LogP contribution < -0.4 is 0 Å². The Kier molecular flexibility index (Phi) is 4.94. The average molecular weight is 324 g/mol. The molecule has 0 bridgehead atoms. The number of nitrogens with one attached hydrogen (secondary N) is 1. The summed E-state index contributed by atoms with van der Waals surface area (Å²) >= 11 is 0. The van der Waals surface area contributed by atoms with Crippen molar-refractivity contribution in [3.63, 3.8) is 0 Å². The van der Waals surface area contributed by atoms with Gasteiger partial charge in [-0.3, -0.25) is 4.79 Å². The largest absolute Gasteiger partial charge is 0.361 e. The van der Waals surface area contributed by atoms with Gasteiger partial charge in [0.15, 0.2) is 0 Å². The van der Waals surface area contributed by atoms with Crippen LogP contribution in [0, 0.1) is 5.82 Å². The standard InChI is InChI=1S/C20H21FN2O/c1-23(14-16-7-2-4-10-18(16)21)20(24)12-6-8-15-13-22-19-11-5-3-9-17(15)19/h2-5,7,9-11,13,22H,6,8,12,14H2,1H3. The second-order valence-electron chi connectivity index (χ2n) is 6.05. The lowest BCUT2D eigenvalue weighted by atomic mass is 10.1. The molecular formula is C20H21FN2O. The number of rotatable bonds is 6.